The van der Waals surface area contributed by atoms with Gasteiger partial charge in [-0.25, -0.2) is 4.98 Å². The van der Waals surface area contributed by atoms with Crippen molar-refractivity contribution < 1.29 is 9.90 Å². The predicted molar refractivity (Wildman–Crippen MR) is 46.0 cm³/mol. The van der Waals surface area contributed by atoms with Gasteiger partial charge in [0, 0.05) is 10.5 Å². The summed E-state index contributed by atoms with van der Waals surface area (Å²) >= 11 is 0. The Bertz CT molecular complexity index is 298. The molecule has 0 saturated carbocycles. The van der Waals surface area contributed by atoms with E-state index in [1.165, 1.54) is 6.20 Å². The summed E-state index contributed by atoms with van der Waals surface area (Å²) < 4.78 is -0.0775. The van der Waals surface area contributed by atoms with Gasteiger partial charge in [0.1, 0.15) is 10.7 Å². The Hall–Kier alpha value is -0.900. The lowest BCUT2D eigenvalue weighted by atomic mass is 10.3. The van der Waals surface area contributed by atoms with Crippen LogP contribution in [0.5, 0.6) is 0 Å². The number of nitrogens with zero attached hydrogens (tertiary/aromatic N) is 1. The quantitative estimate of drug-likeness (QED) is 0.612. The summed E-state index contributed by atoms with van der Waals surface area (Å²) in [4.78, 5) is 14.8. The Morgan fingerprint density at radius 3 is 2.50 bits per heavy atom. The van der Waals surface area contributed by atoms with Crippen LogP contribution in [-0.2, 0) is 4.75 Å². The summed E-state index contributed by atoms with van der Waals surface area (Å²) in [5.41, 5.74) is 1.69. The second-order valence-corrected chi connectivity index (χ2v) is 6.04. The zero-order valence-electron chi connectivity index (χ0n) is 7.33. The minimum Gasteiger partial charge on any atom is -0.540 e. The van der Waals surface area contributed by atoms with Crippen molar-refractivity contribution in [3.63, 3.8) is 0 Å². The zero-order chi connectivity index (χ0) is 9.35. The largest absolute Gasteiger partial charge is 0.540 e. The van der Waals surface area contributed by atoms with E-state index in [1.54, 1.807) is 5.51 Å². The molecule has 0 saturated heterocycles. The van der Waals surface area contributed by atoms with E-state index in [2.05, 4.69) is 4.98 Å². The Morgan fingerprint density at radius 1 is 1.58 bits per heavy atom. The number of thiazole rings is 1. The Balaban J connectivity index is 3.17. The molecule has 1 rings (SSSR count). The van der Waals surface area contributed by atoms with Gasteiger partial charge in [-0.3, -0.25) is 0 Å². The molecule has 0 bridgehead atoms. The normalized spacial score (nSPS) is 13.1. The third-order valence-electron chi connectivity index (χ3n) is 1.46. The van der Waals surface area contributed by atoms with Gasteiger partial charge >= 0.3 is 0 Å². The lowest BCUT2D eigenvalue weighted by Crippen LogP contribution is -2.23. The van der Waals surface area contributed by atoms with Gasteiger partial charge in [0.05, 0.1) is 6.20 Å². The van der Waals surface area contributed by atoms with Crippen molar-refractivity contribution in [3.8, 4) is 0 Å². The molecule has 0 radical (unpaired) electrons. The van der Waals surface area contributed by atoms with Gasteiger partial charge in [0.15, 0.2) is 0 Å². The fraction of sp³-hybridized carbons (Fsp3) is 0.500. The number of carbonyl (C=O) groups is 1. The number of hydrogen-bond donors (Lipinski definition) is 0. The highest BCUT2D eigenvalue weighted by Crippen LogP contribution is 2.38. The first kappa shape index (κ1) is 9.19. The second kappa shape index (κ2) is 2.86. The highest BCUT2D eigenvalue weighted by molar-refractivity contribution is 7.32. The molecule has 1 aromatic heterocycles. The minimum atomic E-state index is -1.11. The number of aromatic carboxylic acids is 1. The van der Waals surface area contributed by atoms with Crippen LogP contribution >= 0.6 is 10.5 Å². The Morgan fingerprint density at radius 2 is 2.17 bits per heavy atom. The maximum Gasteiger partial charge on any atom is 0.230 e. The summed E-state index contributed by atoms with van der Waals surface area (Å²) in [6.45, 7) is 5.97. The van der Waals surface area contributed by atoms with E-state index >= 15 is 0 Å². The first-order valence-electron chi connectivity index (χ1n) is 3.61. The summed E-state index contributed by atoms with van der Waals surface area (Å²) in [5.74, 6) is -1.11. The smallest absolute Gasteiger partial charge is 0.230 e. The van der Waals surface area contributed by atoms with Crippen LogP contribution in [0.2, 0.25) is 0 Å². The molecule has 0 aromatic carbocycles. The summed E-state index contributed by atoms with van der Waals surface area (Å²) in [5, 5.41) is 10.6. The first-order valence-corrected chi connectivity index (χ1v) is 4.90. The molecule has 1 aromatic rings. The van der Waals surface area contributed by atoms with Crippen molar-refractivity contribution in [1.82, 2.24) is 4.98 Å². The van der Waals surface area contributed by atoms with Crippen LogP contribution in [0.3, 0.4) is 0 Å². The average molecular weight is 185 g/mol. The standard InChI is InChI=1S/C8H11NO2S/c1-8(2,3)12-5-9-4-6(12)7(10)11/h4-5H,1-3H3. The van der Waals surface area contributed by atoms with Gasteiger partial charge in [-0.2, -0.15) is 0 Å². The van der Waals surface area contributed by atoms with Gasteiger partial charge in [-0.15, -0.1) is 0 Å². The third-order valence-corrected chi connectivity index (χ3v) is 3.85. The molecule has 0 aliphatic heterocycles. The number of carboxylic acid groups (broad SMARTS) is 1. The third kappa shape index (κ3) is 1.64. The number of carboxylic acids is 1. The topological polar surface area (TPSA) is 53.0 Å². The molecule has 0 spiro atoms. The average Bonchev–Trinajstić information content (AvgIpc) is 2.30. The lowest BCUT2D eigenvalue weighted by molar-refractivity contribution is -0.254. The number of aromatic nitrogens is 1. The van der Waals surface area contributed by atoms with E-state index in [4.69, 9.17) is 0 Å². The lowest BCUT2D eigenvalue weighted by Gasteiger charge is -2.09. The number of carbonyl (C=O) groups excluding carboxylic acids is 1. The molecule has 1 atom stereocenters. The summed E-state index contributed by atoms with van der Waals surface area (Å²) in [6, 6.07) is 0. The van der Waals surface area contributed by atoms with Crippen molar-refractivity contribution in [2.75, 3.05) is 0 Å². The first-order chi connectivity index (χ1) is 5.43. The van der Waals surface area contributed by atoms with Crippen LogP contribution in [0.1, 0.15) is 30.4 Å². The van der Waals surface area contributed by atoms with E-state index in [0.29, 0.717) is 4.88 Å². The highest BCUT2D eigenvalue weighted by Gasteiger charge is 2.29. The number of rotatable bonds is 1. The van der Waals surface area contributed by atoms with Crippen LogP contribution in [-0.4, -0.2) is 11.0 Å². The molecular weight excluding hydrogens is 174 g/mol. The van der Waals surface area contributed by atoms with Crippen LogP contribution in [0.15, 0.2) is 11.7 Å². The van der Waals surface area contributed by atoms with Crippen LogP contribution < -0.4 is 5.11 Å². The van der Waals surface area contributed by atoms with Crippen molar-refractivity contribution in [3.05, 3.63) is 16.6 Å². The van der Waals surface area contributed by atoms with Crippen LogP contribution in [0.25, 0.3) is 0 Å². The maximum absolute atomic E-state index is 10.6. The fourth-order valence-corrected chi connectivity index (χ4v) is 2.53. The number of hydrogen-bond acceptors (Lipinski definition) is 3. The molecule has 1 unspecified atom stereocenters. The van der Waals surface area contributed by atoms with Gasteiger partial charge in [-0.05, 0) is 20.8 Å². The van der Waals surface area contributed by atoms with Crippen LogP contribution in [0, 0.1) is 0 Å². The van der Waals surface area contributed by atoms with E-state index in [1.807, 2.05) is 20.8 Å². The maximum atomic E-state index is 10.6. The molecular formula is C8H11NO2S. The molecule has 0 N–H and O–H groups in total. The predicted octanol–water partition coefficient (Wildman–Crippen LogP) is 0.949. The van der Waals surface area contributed by atoms with Crippen molar-refractivity contribution in [2.45, 2.75) is 25.5 Å². The summed E-state index contributed by atoms with van der Waals surface area (Å²) in [7, 11) is -0.405. The molecule has 0 aliphatic rings. The fourth-order valence-electron chi connectivity index (χ4n) is 0.903. The Kier molecular flexibility index (Phi) is 2.19. The second-order valence-electron chi connectivity index (χ2n) is 3.49. The molecule has 66 valence electrons. The van der Waals surface area contributed by atoms with E-state index < -0.39 is 16.4 Å². The molecule has 0 aliphatic carbocycles. The van der Waals surface area contributed by atoms with E-state index in [-0.39, 0.29) is 4.75 Å². The molecule has 12 heavy (non-hydrogen) atoms. The minimum absolute atomic E-state index is 0.0775. The van der Waals surface area contributed by atoms with Crippen LogP contribution in [0.4, 0.5) is 0 Å². The van der Waals surface area contributed by atoms with Gasteiger partial charge < -0.3 is 9.90 Å². The van der Waals surface area contributed by atoms with E-state index in [0.717, 1.165) is 0 Å². The summed E-state index contributed by atoms with van der Waals surface area (Å²) in [6.07, 6.45) is 1.38. The van der Waals surface area contributed by atoms with Gasteiger partial charge in [-0.1, -0.05) is 0 Å². The van der Waals surface area contributed by atoms with Crippen molar-refractivity contribution in [1.29, 1.82) is 0 Å². The zero-order valence-corrected chi connectivity index (χ0v) is 8.14. The SMILES string of the molecule is CC(C)(C)[s+]1cncc1C(=O)[O-]. The van der Waals surface area contributed by atoms with Crippen molar-refractivity contribution >= 4 is 16.4 Å². The van der Waals surface area contributed by atoms with Gasteiger partial charge in [0.25, 0.3) is 0 Å². The molecule has 0 fully saturated rings. The van der Waals surface area contributed by atoms with E-state index in [9.17, 15) is 9.90 Å². The van der Waals surface area contributed by atoms with Gasteiger partial charge in [0.2, 0.25) is 10.4 Å². The van der Waals surface area contributed by atoms with Crippen molar-refractivity contribution in [2.24, 2.45) is 0 Å². The molecule has 4 heteroatoms. The highest BCUT2D eigenvalue weighted by atomic mass is 32.2. The Labute approximate surface area is 74.0 Å². The molecule has 3 nitrogen and oxygen atoms in total. The monoisotopic (exact) mass is 185 g/mol. The molecule has 1 heterocycles. The molecule has 0 amide bonds.